The van der Waals surface area contributed by atoms with Gasteiger partial charge in [-0.05, 0) is 18.6 Å². The first-order valence-electron chi connectivity index (χ1n) is 6.40. The Morgan fingerprint density at radius 2 is 2.37 bits per heavy atom. The third-order valence-electron chi connectivity index (χ3n) is 4.10. The van der Waals surface area contributed by atoms with Gasteiger partial charge >= 0.3 is 5.97 Å². The van der Waals surface area contributed by atoms with E-state index in [1.807, 2.05) is 0 Å². The molecule has 1 aliphatic rings. The summed E-state index contributed by atoms with van der Waals surface area (Å²) in [5.74, 6) is -0.937. The summed E-state index contributed by atoms with van der Waals surface area (Å²) in [6, 6.07) is 3.54. The summed E-state index contributed by atoms with van der Waals surface area (Å²) in [5, 5.41) is 12.5. The number of ether oxygens (including phenoxy) is 1. The predicted octanol–water partition coefficient (Wildman–Crippen LogP) is 1.68. The van der Waals surface area contributed by atoms with Gasteiger partial charge in [0.15, 0.2) is 0 Å². The minimum Gasteiger partial charge on any atom is -0.478 e. The molecule has 5 heteroatoms. The lowest BCUT2D eigenvalue weighted by Gasteiger charge is -2.51. The number of carboxylic acid groups (broad SMARTS) is 1. The molecule has 5 nitrogen and oxygen atoms in total. The molecular weight excluding hydrogens is 244 g/mol. The smallest absolute Gasteiger partial charge is 0.337 e. The first kappa shape index (κ1) is 14.0. The number of hydrogen-bond donors (Lipinski definition) is 2. The summed E-state index contributed by atoms with van der Waals surface area (Å²) in [6.07, 6.45) is 2.82. The zero-order valence-electron chi connectivity index (χ0n) is 11.5. The summed E-state index contributed by atoms with van der Waals surface area (Å²) >= 11 is 0. The van der Waals surface area contributed by atoms with Crippen LogP contribution >= 0.6 is 0 Å². The lowest BCUT2D eigenvalue weighted by molar-refractivity contribution is -0.0979. The Bertz CT molecular complexity index is 474. The van der Waals surface area contributed by atoms with Crippen LogP contribution in [0.15, 0.2) is 18.3 Å². The number of carboxylic acids is 1. The van der Waals surface area contributed by atoms with Crippen LogP contribution < -0.4 is 5.32 Å². The third kappa shape index (κ3) is 2.62. The number of aromatic nitrogens is 1. The maximum atomic E-state index is 11.1. The van der Waals surface area contributed by atoms with Crippen molar-refractivity contribution in [2.75, 3.05) is 7.11 Å². The van der Waals surface area contributed by atoms with Crippen molar-refractivity contribution in [1.82, 2.24) is 10.3 Å². The van der Waals surface area contributed by atoms with Crippen LogP contribution in [0.3, 0.4) is 0 Å². The van der Waals surface area contributed by atoms with Gasteiger partial charge in [0.1, 0.15) is 0 Å². The highest BCUT2D eigenvalue weighted by molar-refractivity contribution is 5.88. The van der Waals surface area contributed by atoms with E-state index in [1.165, 1.54) is 0 Å². The van der Waals surface area contributed by atoms with E-state index in [1.54, 1.807) is 25.4 Å². The molecule has 0 saturated heterocycles. The number of carbonyl (C=O) groups is 1. The summed E-state index contributed by atoms with van der Waals surface area (Å²) in [6.45, 7) is 4.77. The number of rotatable bonds is 5. The third-order valence-corrected chi connectivity index (χ3v) is 4.10. The van der Waals surface area contributed by atoms with Crippen molar-refractivity contribution in [1.29, 1.82) is 0 Å². The Morgan fingerprint density at radius 3 is 2.95 bits per heavy atom. The fraction of sp³-hybridized carbons (Fsp3) is 0.571. The number of nitrogens with one attached hydrogen (secondary N) is 1. The zero-order chi connectivity index (χ0) is 14.0. The average Bonchev–Trinajstić information content (AvgIpc) is 2.38. The van der Waals surface area contributed by atoms with Gasteiger partial charge < -0.3 is 15.2 Å². The molecule has 19 heavy (non-hydrogen) atoms. The number of methoxy groups -OCH3 is 1. The minimum atomic E-state index is -0.937. The van der Waals surface area contributed by atoms with Crippen LogP contribution in [-0.4, -0.2) is 35.3 Å². The normalized spacial score (nSPS) is 24.8. The van der Waals surface area contributed by atoms with Crippen molar-refractivity contribution in [3.8, 4) is 0 Å². The van der Waals surface area contributed by atoms with Crippen molar-refractivity contribution < 1.29 is 14.6 Å². The summed E-state index contributed by atoms with van der Waals surface area (Å²) in [4.78, 5) is 15.2. The molecule has 1 saturated carbocycles. The molecule has 0 spiro atoms. The fourth-order valence-electron chi connectivity index (χ4n) is 2.63. The van der Waals surface area contributed by atoms with Crippen LogP contribution in [0.2, 0.25) is 0 Å². The number of hydrogen-bond acceptors (Lipinski definition) is 4. The van der Waals surface area contributed by atoms with Gasteiger partial charge in [-0.25, -0.2) is 4.79 Å². The van der Waals surface area contributed by atoms with Crippen molar-refractivity contribution in [3.05, 3.63) is 29.6 Å². The molecule has 1 fully saturated rings. The summed E-state index contributed by atoms with van der Waals surface area (Å²) in [7, 11) is 1.73. The highest BCUT2D eigenvalue weighted by atomic mass is 16.5. The van der Waals surface area contributed by atoms with Gasteiger partial charge in [0.25, 0.3) is 0 Å². The monoisotopic (exact) mass is 264 g/mol. The van der Waals surface area contributed by atoms with Crippen LogP contribution in [0.5, 0.6) is 0 Å². The van der Waals surface area contributed by atoms with Gasteiger partial charge in [-0.2, -0.15) is 0 Å². The van der Waals surface area contributed by atoms with Crippen LogP contribution in [0.25, 0.3) is 0 Å². The van der Waals surface area contributed by atoms with Crippen molar-refractivity contribution in [2.24, 2.45) is 5.41 Å². The molecule has 1 aliphatic carbocycles. The SMILES string of the molecule is COC1CC(NCc2ncccc2C(=O)O)C1(C)C. The van der Waals surface area contributed by atoms with Gasteiger partial charge in [-0.15, -0.1) is 0 Å². The maximum Gasteiger partial charge on any atom is 0.337 e. The molecule has 2 unspecified atom stereocenters. The molecule has 2 rings (SSSR count). The van der Waals surface area contributed by atoms with Gasteiger partial charge in [-0.3, -0.25) is 4.98 Å². The molecule has 0 bridgehead atoms. The topological polar surface area (TPSA) is 71.5 Å². The van der Waals surface area contributed by atoms with E-state index in [4.69, 9.17) is 9.84 Å². The quantitative estimate of drug-likeness (QED) is 0.846. The van der Waals surface area contributed by atoms with Gasteiger partial charge in [-0.1, -0.05) is 13.8 Å². The van der Waals surface area contributed by atoms with E-state index in [0.29, 0.717) is 18.3 Å². The van der Waals surface area contributed by atoms with Crippen molar-refractivity contribution in [2.45, 2.75) is 39.0 Å². The second-order valence-electron chi connectivity index (χ2n) is 5.52. The maximum absolute atomic E-state index is 11.1. The predicted molar refractivity (Wildman–Crippen MR) is 71.0 cm³/mol. The van der Waals surface area contributed by atoms with Crippen molar-refractivity contribution >= 4 is 5.97 Å². The molecule has 1 aromatic rings. The molecule has 104 valence electrons. The highest BCUT2D eigenvalue weighted by Crippen LogP contribution is 2.42. The Hall–Kier alpha value is -1.46. The molecule has 0 radical (unpaired) electrons. The lowest BCUT2D eigenvalue weighted by atomic mass is 9.64. The Morgan fingerprint density at radius 1 is 1.63 bits per heavy atom. The Balaban J connectivity index is 1.99. The Kier molecular flexibility index (Phi) is 3.87. The standard InChI is InChI=1S/C14H20N2O3/c1-14(2)11(7-12(14)19-3)16-8-10-9(13(17)18)5-4-6-15-10/h4-6,11-12,16H,7-8H2,1-3H3,(H,17,18). The lowest BCUT2D eigenvalue weighted by Crippen LogP contribution is -2.60. The Labute approximate surface area is 113 Å². The van der Waals surface area contributed by atoms with Crippen LogP contribution in [-0.2, 0) is 11.3 Å². The van der Waals surface area contributed by atoms with E-state index >= 15 is 0 Å². The van der Waals surface area contributed by atoms with Gasteiger partial charge in [0, 0.05) is 31.3 Å². The molecule has 2 atom stereocenters. The average molecular weight is 264 g/mol. The second-order valence-corrected chi connectivity index (χ2v) is 5.52. The van der Waals surface area contributed by atoms with Crippen LogP contribution in [0, 0.1) is 5.41 Å². The number of nitrogens with zero attached hydrogens (tertiary/aromatic N) is 1. The highest BCUT2D eigenvalue weighted by Gasteiger charge is 2.48. The summed E-state index contributed by atoms with van der Waals surface area (Å²) < 4.78 is 5.40. The molecule has 0 aliphatic heterocycles. The van der Waals surface area contributed by atoms with Crippen molar-refractivity contribution in [3.63, 3.8) is 0 Å². The van der Waals surface area contributed by atoms with Crippen LogP contribution in [0.1, 0.15) is 36.3 Å². The molecule has 0 aromatic carbocycles. The molecule has 1 heterocycles. The second kappa shape index (κ2) is 5.27. The van der Waals surface area contributed by atoms with E-state index in [9.17, 15) is 4.79 Å². The molecular formula is C14H20N2O3. The van der Waals surface area contributed by atoms with Crippen LogP contribution in [0.4, 0.5) is 0 Å². The number of aromatic carboxylic acids is 1. The first-order valence-corrected chi connectivity index (χ1v) is 6.40. The molecule has 1 aromatic heterocycles. The van der Waals surface area contributed by atoms with E-state index in [-0.39, 0.29) is 17.1 Å². The van der Waals surface area contributed by atoms with Gasteiger partial charge in [0.2, 0.25) is 0 Å². The first-order chi connectivity index (χ1) is 8.96. The van der Waals surface area contributed by atoms with Gasteiger partial charge in [0.05, 0.1) is 17.4 Å². The van der Waals surface area contributed by atoms with E-state index < -0.39 is 5.97 Å². The van der Waals surface area contributed by atoms with E-state index in [0.717, 1.165) is 6.42 Å². The van der Waals surface area contributed by atoms with E-state index in [2.05, 4.69) is 24.1 Å². The number of pyridine rings is 1. The zero-order valence-corrected chi connectivity index (χ0v) is 11.5. The largest absolute Gasteiger partial charge is 0.478 e. The molecule has 0 amide bonds. The summed E-state index contributed by atoms with van der Waals surface area (Å²) in [5.41, 5.74) is 0.898. The minimum absolute atomic E-state index is 0.0624. The molecule has 2 N–H and O–H groups in total. The fourth-order valence-corrected chi connectivity index (χ4v) is 2.63.